The summed E-state index contributed by atoms with van der Waals surface area (Å²) in [5.41, 5.74) is 1.63. The van der Waals surface area contributed by atoms with E-state index < -0.39 is 52.8 Å². The summed E-state index contributed by atoms with van der Waals surface area (Å²) < 4.78 is 102. The first-order valence-electron chi connectivity index (χ1n) is 12.0. The molecule has 2 aromatic carbocycles. The van der Waals surface area contributed by atoms with Crippen LogP contribution in [0.15, 0.2) is 48.1 Å². The quantitative estimate of drug-likeness (QED) is 0.284. The predicted molar refractivity (Wildman–Crippen MR) is 118 cm³/mol. The van der Waals surface area contributed by atoms with Crippen molar-refractivity contribution in [2.24, 2.45) is 11.8 Å². The first-order chi connectivity index (χ1) is 16.6. The standard InChI is InChI=1S/C27H27F7O/c1-2-15-9-12-21(25(31)24(15)30)18-5-3-16(4-6-18)17-7-10-19(11-8-17)27(33,34)35-20-13-22(28)26(32)23(29)14-20/h3-6,13-15,17,19,21H,2,7-12H2,1H3. The molecular weight excluding hydrogens is 473 g/mol. The Morgan fingerprint density at radius 1 is 0.771 bits per heavy atom. The van der Waals surface area contributed by atoms with Gasteiger partial charge in [0.15, 0.2) is 17.5 Å². The van der Waals surface area contributed by atoms with Crippen molar-refractivity contribution in [3.63, 3.8) is 0 Å². The predicted octanol–water partition coefficient (Wildman–Crippen LogP) is 9.10. The molecular formula is C27H27F7O. The minimum Gasteiger partial charge on any atom is -0.432 e. The van der Waals surface area contributed by atoms with Crippen LogP contribution >= 0.6 is 0 Å². The minimum atomic E-state index is -3.67. The van der Waals surface area contributed by atoms with Crippen molar-refractivity contribution in [3.05, 3.63) is 76.6 Å². The first-order valence-corrected chi connectivity index (χ1v) is 12.0. The Kier molecular flexibility index (Phi) is 7.48. The number of benzene rings is 2. The number of ether oxygens (including phenoxy) is 1. The van der Waals surface area contributed by atoms with Crippen LogP contribution in [0.5, 0.6) is 5.75 Å². The summed E-state index contributed by atoms with van der Waals surface area (Å²) in [5.74, 6) is -9.16. The van der Waals surface area contributed by atoms with Crippen molar-refractivity contribution in [2.45, 2.75) is 69.8 Å². The van der Waals surface area contributed by atoms with Crippen LogP contribution in [0.2, 0.25) is 0 Å². The summed E-state index contributed by atoms with van der Waals surface area (Å²) in [5, 5.41) is 0. The number of rotatable bonds is 6. The van der Waals surface area contributed by atoms with E-state index in [2.05, 4.69) is 4.74 Å². The Morgan fingerprint density at radius 3 is 1.91 bits per heavy atom. The minimum absolute atomic E-state index is 0.0183. The normalized spacial score (nSPS) is 25.6. The topological polar surface area (TPSA) is 9.23 Å². The van der Waals surface area contributed by atoms with Crippen molar-refractivity contribution in [2.75, 3.05) is 0 Å². The second kappa shape index (κ2) is 10.2. The van der Waals surface area contributed by atoms with Crippen molar-refractivity contribution < 1.29 is 35.5 Å². The number of alkyl halides is 2. The van der Waals surface area contributed by atoms with Gasteiger partial charge in [0.05, 0.1) is 5.92 Å². The van der Waals surface area contributed by atoms with Gasteiger partial charge in [-0.15, -0.1) is 0 Å². The molecule has 0 heterocycles. The lowest BCUT2D eigenvalue weighted by molar-refractivity contribution is -0.222. The summed E-state index contributed by atoms with van der Waals surface area (Å²) in [6, 6.07) is 8.05. The monoisotopic (exact) mass is 500 g/mol. The van der Waals surface area contributed by atoms with Gasteiger partial charge in [0.25, 0.3) is 0 Å². The Bertz CT molecular complexity index is 1050. The van der Waals surface area contributed by atoms with E-state index in [9.17, 15) is 30.7 Å². The largest absolute Gasteiger partial charge is 0.432 e. The van der Waals surface area contributed by atoms with Gasteiger partial charge in [0.2, 0.25) is 0 Å². The third kappa shape index (κ3) is 5.36. The van der Waals surface area contributed by atoms with Crippen LogP contribution in [0.4, 0.5) is 30.7 Å². The number of allylic oxidation sites excluding steroid dienone is 2. The van der Waals surface area contributed by atoms with E-state index in [4.69, 9.17) is 0 Å². The highest BCUT2D eigenvalue weighted by molar-refractivity contribution is 5.34. The summed E-state index contributed by atoms with van der Waals surface area (Å²) >= 11 is 0. The van der Waals surface area contributed by atoms with E-state index in [1.807, 2.05) is 19.1 Å². The maximum absolute atomic E-state index is 14.6. The fraction of sp³-hybridized carbons (Fsp3) is 0.481. The van der Waals surface area contributed by atoms with E-state index >= 15 is 0 Å². The Balaban J connectivity index is 1.38. The van der Waals surface area contributed by atoms with Crippen LogP contribution in [0.1, 0.15) is 74.8 Å². The van der Waals surface area contributed by atoms with Crippen molar-refractivity contribution in [1.82, 2.24) is 0 Å². The van der Waals surface area contributed by atoms with Gasteiger partial charge in [-0.1, -0.05) is 31.2 Å². The average Bonchev–Trinajstić information content (AvgIpc) is 2.84. The molecule has 0 saturated heterocycles. The summed E-state index contributed by atoms with van der Waals surface area (Å²) in [6.07, 6.45) is -0.839. The molecule has 0 N–H and O–H groups in total. The molecule has 0 bridgehead atoms. The fourth-order valence-electron chi connectivity index (χ4n) is 5.27. The zero-order chi connectivity index (χ0) is 25.3. The molecule has 1 nitrogen and oxygen atoms in total. The van der Waals surface area contributed by atoms with Gasteiger partial charge < -0.3 is 4.74 Å². The second-order valence-electron chi connectivity index (χ2n) is 9.51. The number of hydrogen-bond donors (Lipinski definition) is 0. The first kappa shape index (κ1) is 25.6. The molecule has 2 unspecified atom stereocenters. The molecule has 0 aliphatic heterocycles. The van der Waals surface area contributed by atoms with Crippen molar-refractivity contribution in [3.8, 4) is 5.75 Å². The zero-order valence-electron chi connectivity index (χ0n) is 19.3. The third-order valence-corrected chi connectivity index (χ3v) is 7.41. The molecule has 4 rings (SSSR count). The second-order valence-corrected chi connectivity index (χ2v) is 9.51. The van der Waals surface area contributed by atoms with Crippen molar-refractivity contribution >= 4 is 0 Å². The Labute approximate surface area is 200 Å². The van der Waals surface area contributed by atoms with Crippen LogP contribution < -0.4 is 4.74 Å². The molecule has 0 spiro atoms. The zero-order valence-corrected chi connectivity index (χ0v) is 19.3. The van der Waals surface area contributed by atoms with E-state index in [0.29, 0.717) is 49.8 Å². The summed E-state index contributed by atoms with van der Waals surface area (Å²) in [6.45, 7) is 1.84. The lowest BCUT2D eigenvalue weighted by Gasteiger charge is -2.33. The van der Waals surface area contributed by atoms with Crippen LogP contribution in [-0.4, -0.2) is 6.11 Å². The maximum atomic E-state index is 14.6. The van der Waals surface area contributed by atoms with Gasteiger partial charge in [-0.3, -0.25) is 0 Å². The molecule has 2 aliphatic rings. The summed E-state index contributed by atoms with van der Waals surface area (Å²) in [4.78, 5) is 0. The van der Waals surface area contributed by atoms with Gasteiger partial charge in [-0.05, 0) is 62.0 Å². The maximum Gasteiger partial charge on any atom is 0.400 e. The molecule has 0 radical (unpaired) electrons. The van der Waals surface area contributed by atoms with Crippen LogP contribution in [0.25, 0.3) is 0 Å². The highest BCUT2D eigenvalue weighted by Crippen LogP contribution is 2.45. The van der Waals surface area contributed by atoms with Gasteiger partial charge in [-0.2, -0.15) is 8.78 Å². The third-order valence-electron chi connectivity index (χ3n) is 7.41. The highest BCUT2D eigenvalue weighted by atomic mass is 19.3. The molecule has 1 fully saturated rings. The van der Waals surface area contributed by atoms with Crippen LogP contribution in [0, 0.1) is 29.3 Å². The summed E-state index contributed by atoms with van der Waals surface area (Å²) in [7, 11) is 0. The molecule has 2 atom stereocenters. The lowest BCUT2D eigenvalue weighted by atomic mass is 9.77. The molecule has 1 saturated carbocycles. The van der Waals surface area contributed by atoms with E-state index in [1.165, 1.54) is 0 Å². The number of halogens is 7. The Morgan fingerprint density at radius 2 is 1.34 bits per heavy atom. The molecule has 0 aromatic heterocycles. The van der Waals surface area contributed by atoms with Gasteiger partial charge in [0.1, 0.15) is 17.4 Å². The molecule has 0 amide bonds. The molecule has 8 heteroatoms. The average molecular weight is 500 g/mol. The highest BCUT2D eigenvalue weighted by Gasteiger charge is 2.44. The molecule has 2 aromatic rings. The smallest absolute Gasteiger partial charge is 0.400 e. The lowest BCUT2D eigenvalue weighted by Crippen LogP contribution is -2.37. The van der Waals surface area contributed by atoms with Crippen molar-refractivity contribution in [1.29, 1.82) is 0 Å². The SMILES string of the molecule is CCC1CCC(c2ccc(C3CCC(C(F)(F)Oc4cc(F)c(F)c(F)c4)CC3)cc2)C(F)=C1F. The van der Waals surface area contributed by atoms with E-state index in [1.54, 1.807) is 12.1 Å². The molecule has 2 aliphatic carbocycles. The van der Waals surface area contributed by atoms with Gasteiger partial charge in [0, 0.05) is 24.0 Å². The van der Waals surface area contributed by atoms with Gasteiger partial charge >= 0.3 is 6.11 Å². The number of hydrogen-bond acceptors (Lipinski definition) is 1. The molecule has 190 valence electrons. The Hall–Kier alpha value is -2.51. The molecule has 35 heavy (non-hydrogen) atoms. The van der Waals surface area contributed by atoms with E-state index in [-0.39, 0.29) is 24.7 Å². The van der Waals surface area contributed by atoms with Gasteiger partial charge in [-0.25, -0.2) is 22.0 Å². The van der Waals surface area contributed by atoms with E-state index in [0.717, 1.165) is 5.56 Å². The van der Waals surface area contributed by atoms with Crippen LogP contribution in [0.3, 0.4) is 0 Å². The van der Waals surface area contributed by atoms with Crippen LogP contribution in [-0.2, 0) is 0 Å². The fourth-order valence-corrected chi connectivity index (χ4v) is 5.27.